The van der Waals surface area contributed by atoms with Gasteiger partial charge in [-0.1, -0.05) is 12.1 Å². The maximum atomic E-state index is 13.4. The quantitative estimate of drug-likeness (QED) is 0.837. The number of halogens is 1. The van der Waals surface area contributed by atoms with E-state index in [1.807, 2.05) is 0 Å². The summed E-state index contributed by atoms with van der Waals surface area (Å²) in [6.07, 6.45) is 1.78. The molecular formula is C19H24FNO5. The lowest BCUT2D eigenvalue weighted by Crippen LogP contribution is -2.43. The van der Waals surface area contributed by atoms with Crippen LogP contribution < -0.4 is 5.32 Å². The predicted octanol–water partition coefficient (Wildman–Crippen LogP) is 2.43. The summed E-state index contributed by atoms with van der Waals surface area (Å²) in [5.41, 5.74) is 0.738. The maximum absolute atomic E-state index is 13.4. The van der Waals surface area contributed by atoms with E-state index in [1.165, 1.54) is 12.1 Å². The zero-order chi connectivity index (χ0) is 18.5. The van der Waals surface area contributed by atoms with Crippen LogP contribution in [0.25, 0.3) is 0 Å². The number of aliphatic carboxylic acids is 1. The third-order valence-electron chi connectivity index (χ3n) is 5.00. The lowest BCUT2D eigenvalue weighted by Gasteiger charge is -2.31. The molecular weight excluding hydrogens is 341 g/mol. The van der Waals surface area contributed by atoms with Crippen molar-refractivity contribution in [3.8, 4) is 0 Å². The van der Waals surface area contributed by atoms with Crippen LogP contribution in [0.1, 0.15) is 43.8 Å². The number of rotatable bonds is 5. The van der Waals surface area contributed by atoms with Gasteiger partial charge in [0.05, 0.1) is 12.2 Å². The van der Waals surface area contributed by atoms with E-state index < -0.39 is 12.1 Å². The molecule has 2 fully saturated rings. The molecule has 2 aliphatic heterocycles. The summed E-state index contributed by atoms with van der Waals surface area (Å²) in [6.45, 7) is 0.755. The van der Waals surface area contributed by atoms with Crippen LogP contribution in [-0.4, -0.2) is 42.3 Å². The average Bonchev–Trinajstić information content (AvgIpc) is 2.66. The fraction of sp³-hybridized carbons (Fsp3) is 0.579. The normalized spacial score (nSPS) is 29.1. The van der Waals surface area contributed by atoms with E-state index in [0.717, 1.165) is 18.4 Å². The Morgan fingerprint density at radius 1 is 1.27 bits per heavy atom. The SMILES string of the molecule is O=C(NC[C@@H]1CCC[C@@H](C(=O)O)O1)[C@@H]1CCO[C@H](c2cccc(F)c2)C1. The molecule has 0 aliphatic carbocycles. The van der Waals surface area contributed by atoms with E-state index >= 15 is 0 Å². The topological polar surface area (TPSA) is 84.9 Å². The Labute approximate surface area is 151 Å². The van der Waals surface area contributed by atoms with Crippen LogP contribution in [0.15, 0.2) is 24.3 Å². The van der Waals surface area contributed by atoms with Gasteiger partial charge in [-0.25, -0.2) is 9.18 Å². The van der Waals surface area contributed by atoms with Crippen LogP contribution in [0.4, 0.5) is 4.39 Å². The smallest absolute Gasteiger partial charge is 0.332 e. The van der Waals surface area contributed by atoms with Crippen LogP contribution in [0.3, 0.4) is 0 Å². The third kappa shape index (κ3) is 4.80. The molecule has 1 aromatic carbocycles. The van der Waals surface area contributed by atoms with Gasteiger partial charge in [-0.3, -0.25) is 4.79 Å². The molecule has 0 spiro atoms. The molecule has 1 aromatic rings. The van der Waals surface area contributed by atoms with Gasteiger partial charge in [-0.15, -0.1) is 0 Å². The van der Waals surface area contributed by atoms with Crippen LogP contribution in [-0.2, 0) is 19.1 Å². The lowest BCUT2D eigenvalue weighted by atomic mass is 9.91. The number of benzene rings is 1. The number of carboxylic acid groups (broad SMARTS) is 1. The van der Waals surface area contributed by atoms with Crippen molar-refractivity contribution in [3.05, 3.63) is 35.6 Å². The molecule has 142 valence electrons. The van der Waals surface area contributed by atoms with Crippen molar-refractivity contribution in [2.24, 2.45) is 5.92 Å². The first-order chi connectivity index (χ1) is 12.5. The standard InChI is InChI=1S/C19H24FNO5/c20-14-4-1-3-12(9-14)17-10-13(7-8-25-17)18(22)21-11-15-5-2-6-16(26-15)19(23)24/h1,3-4,9,13,15-17H,2,5-8,10-11H2,(H,21,22)(H,23,24)/t13-,15+,16+,17+/m1/s1. The summed E-state index contributed by atoms with van der Waals surface area (Å²) < 4.78 is 24.6. The van der Waals surface area contributed by atoms with Crippen molar-refractivity contribution >= 4 is 11.9 Å². The van der Waals surface area contributed by atoms with E-state index in [1.54, 1.807) is 12.1 Å². The minimum absolute atomic E-state index is 0.0873. The summed E-state index contributed by atoms with van der Waals surface area (Å²) in [5.74, 6) is -1.57. The van der Waals surface area contributed by atoms with Crippen LogP contribution in [0.2, 0.25) is 0 Å². The summed E-state index contributed by atoms with van der Waals surface area (Å²) >= 11 is 0. The summed E-state index contributed by atoms with van der Waals surface area (Å²) in [6, 6.07) is 6.25. The number of amides is 1. The zero-order valence-corrected chi connectivity index (χ0v) is 14.5. The zero-order valence-electron chi connectivity index (χ0n) is 14.5. The second kappa shape index (κ2) is 8.60. The first-order valence-electron chi connectivity index (χ1n) is 9.06. The number of carboxylic acids is 1. The van der Waals surface area contributed by atoms with E-state index in [4.69, 9.17) is 14.6 Å². The van der Waals surface area contributed by atoms with Gasteiger partial charge >= 0.3 is 5.97 Å². The summed E-state index contributed by atoms with van der Waals surface area (Å²) in [7, 11) is 0. The minimum Gasteiger partial charge on any atom is -0.479 e. The van der Waals surface area contributed by atoms with Crippen molar-refractivity contribution in [2.45, 2.75) is 50.4 Å². The fourth-order valence-corrected chi connectivity index (χ4v) is 3.56. The van der Waals surface area contributed by atoms with Crippen molar-refractivity contribution < 1.29 is 28.6 Å². The number of hydrogen-bond donors (Lipinski definition) is 2. The molecule has 0 bridgehead atoms. The Hall–Kier alpha value is -1.99. The van der Waals surface area contributed by atoms with Crippen molar-refractivity contribution in [1.29, 1.82) is 0 Å². The molecule has 2 aliphatic rings. The highest BCUT2D eigenvalue weighted by molar-refractivity contribution is 5.78. The highest BCUT2D eigenvalue weighted by Crippen LogP contribution is 2.32. The summed E-state index contributed by atoms with van der Waals surface area (Å²) in [4.78, 5) is 23.5. The lowest BCUT2D eigenvalue weighted by molar-refractivity contribution is -0.159. The van der Waals surface area contributed by atoms with Crippen LogP contribution in [0.5, 0.6) is 0 Å². The predicted molar refractivity (Wildman–Crippen MR) is 91.0 cm³/mol. The maximum Gasteiger partial charge on any atom is 0.332 e. The Kier molecular flexibility index (Phi) is 6.21. The monoisotopic (exact) mass is 365 g/mol. The molecule has 7 heteroatoms. The molecule has 4 atom stereocenters. The van der Waals surface area contributed by atoms with Crippen LogP contribution >= 0.6 is 0 Å². The Balaban J connectivity index is 1.50. The second-order valence-electron chi connectivity index (χ2n) is 6.90. The Bertz CT molecular complexity index is 653. The largest absolute Gasteiger partial charge is 0.479 e. The molecule has 2 N–H and O–H groups in total. The second-order valence-corrected chi connectivity index (χ2v) is 6.90. The van der Waals surface area contributed by atoms with Crippen LogP contribution in [0, 0.1) is 11.7 Å². The van der Waals surface area contributed by atoms with Crippen molar-refractivity contribution in [2.75, 3.05) is 13.2 Å². The van der Waals surface area contributed by atoms with Gasteiger partial charge in [0.1, 0.15) is 5.82 Å². The minimum atomic E-state index is -0.955. The van der Waals surface area contributed by atoms with E-state index in [0.29, 0.717) is 32.4 Å². The average molecular weight is 365 g/mol. The molecule has 26 heavy (non-hydrogen) atoms. The number of ether oxygens (including phenoxy) is 2. The van der Waals surface area contributed by atoms with Gasteiger partial charge < -0.3 is 19.9 Å². The van der Waals surface area contributed by atoms with Crippen molar-refractivity contribution in [3.63, 3.8) is 0 Å². The highest BCUT2D eigenvalue weighted by Gasteiger charge is 2.31. The van der Waals surface area contributed by atoms with E-state index in [-0.39, 0.29) is 29.9 Å². The molecule has 3 rings (SSSR count). The molecule has 2 heterocycles. The summed E-state index contributed by atoms with van der Waals surface area (Å²) in [5, 5.41) is 11.9. The fourth-order valence-electron chi connectivity index (χ4n) is 3.56. The Morgan fingerprint density at radius 3 is 2.88 bits per heavy atom. The first kappa shape index (κ1) is 18.8. The van der Waals surface area contributed by atoms with Gasteiger partial charge in [-0.05, 0) is 49.8 Å². The first-order valence-corrected chi connectivity index (χ1v) is 9.06. The third-order valence-corrected chi connectivity index (χ3v) is 5.00. The molecule has 0 aromatic heterocycles. The molecule has 0 unspecified atom stereocenters. The Morgan fingerprint density at radius 2 is 2.12 bits per heavy atom. The van der Waals surface area contributed by atoms with Crippen molar-refractivity contribution in [1.82, 2.24) is 5.32 Å². The van der Waals surface area contributed by atoms with Gasteiger partial charge in [0, 0.05) is 19.1 Å². The molecule has 0 radical (unpaired) electrons. The number of carbonyl (C=O) groups is 2. The molecule has 1 amide bonds. The van der Waals surface area contributed by atoms with Gasteiger partial charge in [0.15, 0.2) is 6.10 Å². The molecule has 6 nitrogen and oxygen atoms in total. The molecule has 2 saturated heterocycles. The highest BCUT2D eigenvalue weighted by atomic mass is 19.1. The van der Waals surface area contributed by atoms with E-state index in [2.05, 4.69) is 5.32 Å². The number of carbonyl (C=O) groups excluding carboxylic acids is 1. The van der Waals surface area contributed by atoms with Gasteiger partial charge in [0.2, 0.25) is 5.91 Å². The van der Waals surface area contributed by atoms with E-state index in [9.17, 15) is 14.0 Å². The van der Waals surface area contributed by atoms with Gasteiger partial charge in [0.25, 0.3) is 0 Å². The van der Waals surface area contributed by atoms with Gasteiger partial charge in [-0.2, -0.15) is 0 Å². The number of nitrogens with one attached hydrogen (secondary N) is 1. The number of hydrogen-bond acceptors (Lipinski definition) is 4. The molecule has 0 saturated carbocycles.